The van der Waals surface area contributed by atoms with Crippen LogP contribution >= 0.6 is 0 Å². The smallest absolute Gasteiger partial charge is 0.303 e. The summed E-state index contributed by atoms with van der Waals surface area (Å²) in [6.07, 6.45) is 2.16. The van der Waals surface area contributed by atoms with Crippen molar-refractivity contribution in [2.75, 3.05) is 13.2 Å². The molecule has 0 aromatic heterocycles. The van der Waals surface area contributed by atoms with E-state index in [1.54, 1.807) is 0 Å². The SMILES string of the molecule is CC(CCC(=O)O)CNC(=O)[C@H]1CCCO1. The van der Waals surface area contributed by atoms with Gasteiger partial charge in [-0.15, -0.1) is 0 Å². The normalized spacial score (nSPS) is 21.7. The number of carboxylic acid groups (broad SMARTS) is 1. The molecule has 1 aliphatic heterocycles. The summed E-state index contributed by atoms with van der Waals surface area (Å²) in [5, 5.41) is 11.3. The summed E-state index contributed by atoms with van der Waals surface area (Å²) in [6.45, 7) is 3.11. The lowest BCUT2D eigenvalue weighted by molar-refractivity contribution is -0.137. The Hall–Kier alpha value is -1.10. The second-order valence-electron chi connectivity index (χ2n) is 4.28. The fourth-order valence-corrected chi connectivity index (χ4v) is 1.65. The molecule has 0 aliphatic carbocycles. The number of hydrogen-bond donors (Lipinski definition) is 2. The molecule has 1 aliphatic rings. The lowest BCUT2D eigenvalue weighted by Gasteiger charge is -2.14. The molecule has 16 heavy (non-hydrogen) atoms. The number of hydrogen-bond acceptors (Lipinski definition) is 3. The second-order valence-corrected chi connectivity index (χ2v) is 4.28. The largest absolute Gasteiger partial charge is 0.481 e. The molecule has 1 heterocycles. The highest BCUT2D eigenvalue weighted by Gasteiger charge is 2.23. The van der Waals surface area contributed by atoms with Crippen molar-refractivity contribution >= 4 is 11.9 Å². The van der Waals surface area contributed by atoms with Crippen molar-refractivity contribution in [1.29, 1.82) is 0 Å². The summed E-state index contributed by atoms with van der Waals surface area (Å²) in [7, 11) is 0. The van der Waals surface area contributed by atoms with Gasteiger partial charge in [0.05, 0.1) is 0 Å². The van der Waals surface area contributed by atoms with Crippen LogP contribution in [0.15, 0.2) is 0 Å². The van der Waals surface area contributed by atoms with Gasteiger partial charge in [-0.25, -0.2) is 0 Å². The lowest BCUT2D eigenvalue weighted by atomic mass is 10.1. The van der Waals surface area contributed by atoms with Crippen molar-refractivity contribution < 1.29 is 19.4 Å². The van der Waals surface area contributed by atoms with Crippen LogP contribution in [0.4, 0.5) is 0 Å². The van der Waals surface area contributed by atoms with E-state index >= 15 is 0 Å². The first-order valence-corrected chi connectivity index (χ1v) is 5.70. The summed E-state index contributed by atoms with van der Waals surface area (Å²) in [4.78, 5) is 21.9. The molecule has 0 radical (unpaired) electrons. The number of carbonyl (C=O) groups is 2. The minimum absolute atomic E-state index is 0.0697. The maximum Gasteiger partial charge on any atom is 0.303 e. The Labute approximate surface area is 95.2 Å². The number of ether oxygens (including phenoxy) is 1. The zero-order chi connectivity index (χ0) is 12.0. The third-order valence-corrected chi connectivity index (χ3v) is 2.70. The Balaban J connectivity index is 2.12. The Morgan fingerprint density at radius 3 is 2.88 bits per heavy atom. The lowest BCUT2D eigenvalue weighted by Crippen LogP contribution is -2.36. The third-order valence-electron chi connectivity index (χ3n) is 2.70. The summed E-state index contributed by atoms with van der Waals surface area (Å²) < 4.78 is 5.24. The van der Waals surface area contributed by atoms with Gasteiger partial charge in [0.15, 0.2) is 0 Å². The van der Waals surface area contributed by atoms with Gasteiger partial charge in [-0.1, -0.05) is 6.92 Å². The average Bonchev–Trinajstić information content (AvgIpc) is 2.76. The molecular weight excluding hydrogens is 210 g/mol. The predicted octanol–water partition coefficient (Wildman–Crippen LogP) is 0.782. The molecule has 1 unspecified atom stereocenters. The van der Waals surface area contributed by atoms with Crippen LogP contribution in [-0.2, 0) is 14.3 Å². The molecule has 1 rings (SSSR count). The van der Waals surface area contributed by atoms with E-state index < -0.39 is 5.97 Å². The summed E-state index contributed by atoms with van der Waals surface area (Å²) in [5.74, 6) is -0.682. The highest BCUT2D eigenvalue weighted by molar-refractivity contribution is 5.80. The zero-order valence-electron chi connectivity index (χ0n) is 9.57. The standard InChI is InChI=1S/C11H19NO4/c1-8(4-5-10(13)14)7-12-11(15)9-3-2-6-16-9/h8-9H,2-7H2,1H3,(H,12,15)(H,13,14)/t8?,9-/m1/s1. The fourth-order valence-electron chi connectivity index (χ4n) is 1.65. The van der Waals surface area contributed by atoms with E-state index in [1.165, 1.54) is 0 Å². The molecule has 5 nitrogen and oxygen atoms in total. The predicted molar refractivity (Wildman–Crippen MR) is 58.0 cm³/mol. The molecule has 5 heteroatoms. The van der Waals surface area contributed by atoms with Gasteiger partial charge < -0.3 is 15.2 Å². The number of nitrogens with one attached hydrogen (secondary N) is 1. The molecule has 0 aromatic rings. The van der Waals surface area contributed by atoms with Gasteiger partial charge in [0, 0.05) is 19.6 Å². The minimum Gasteiger partial charge on any atom is -0.481 e. The van der Waals surface area contributed by atoms with E-state index in [0.717, 1.165) is 12.8 Å². The number of rotatable bonds is 6. The quantitative estimate of drug-likeness (QED) is 0.705. The van der Waals surface area contributed by atoms with Crippen LogP contribution in [-0.4, -0.2) is 36.2 Å². The first-order chi connectivity index (χ1) is 7.59. The van der Waals surface area contributed by atoms with Crippen LogP contribution in [0, 0.1) is 5.92 Å². The number of amides is 1. The van der Waals surface area contributed by atoms with E-state index in [9.17, 15) is 9.59 Å². The first kappa shape index (κ1) is 13.0. The van der Waals surface area contributed by atoms with Crippen molar-refractivity contribution in [3.63, 3.8) is 0 Å². The molecule has 0 bridgehead atoms. The molecule has 0 saturated carbocycles. The van der Waals surface area contributed by atoms with Crippen LogP contribution in [0.3, 0.4) is 0 Å². The van der Waals surface area contributed by atoms with Gasteiger partial charge in [-0.3, -0.25) is 9.59 Å². The van der Waals surface area contributed by atoms with Crippen molar-refractivity contribution in [3.05, 3.63) is 0 Å². The molecule has 92 valence electrons. The average molecular weight is 229 g/mol. The Bertz CT molecular complexity index is 248. The molecule has 1 amide bonds. The number of carboxylic acids is 1. The van der Waals surface area contributed by atoms with Gasteiger partial charge in [0.25, 0.3) is 0 Å². The maximum atomic E-state index is 11.5. The highest BCUT2D eigenvalue weighted by atomic mass is 16.5. The highest BCUT2D eigenvalue weighted by Crippen LogP contribution is 2.12. The Morgan fingerprint density at radius 1 is 1.56 bits per heavy atom. The summed E-state index contributed by atoms with van der Waals surface area (Å²) in [6, 6.07) is 0. The van der Waals surface area contributed by atoms with E-state index in [-0.39, 0.29) is 24.3 Å². The van der Waals surface area contributed by atoms with Crippen molar-refractivity contribution in [1.82, 2.24) is 5.32 Å². The van der Waals surface area contributed by atoms with Crippen molar-refractivity contribution in [3.8, 4) is 0 Å². The maximum absolute atomic E-state index is 11.5. The molecule has 1 fully saturated rings. The first-order valence-electron chi connectivity index (χ1n) is 5.70. The van der Waals surface area contributed by atoms with Gasteiger partial charge in [-0.2, -0.15) is 0 Å². The molecule has 2 N–H and O–H groups in total. The van der Waals surface area contributed by atoms with Crippen LogP contribution < -0.4 is 5.32 Å². The van der Waals surface area contributed by atoms with Crippen LogP contribution in [0.2, 0.25) is 0 Å². The third kappa shape index (κ3) is 4.61. The van der Waals surface area contributed by atoms with Crippen molar-refractivity contribution in [2.24, 2.45) is 5.92 Å². The van der Waals surface area contributed by atoms with Gasteiger partial charge in [-0.05, 0) is 25.2 Å². The molecule has 2 atom stereocenters. The second kappa shape index (κ2) is 6.48. The van der Waals surface area contributed by atoms with E-state index in [2.05, 4.69) is 5.32 Å². The van der Waals surface area contributed by atoms with E-state index in [0.29, 0.717) is 19.6 Å². The molecule has 1 saturated heterocycles. The van der Waals surface area contributed by atoms with Crippen molar-refractivity contribution in [2.45, 2.75) is 38.7 Å². The van der Waals surface area contributed by atoms with E-state index in [1.807, 2.05) is 6.92 Å². The zero-order valence-corrected chi connectivity index (χ0v) is 9.57. The van der Waals surface area contributed by atoms with Gasteiger partial charge in [0.2, 0.25) is 5.91 Å². The molecular formula is C11H19NO4. The number of aliphatic carboxylic acids is 1. The topological polar surface area (TPSA) is 75.6 Å². The van der Waals surface area contributed by atoms with Crippen LogP contribution in [0.1, 0.15) is 32.6 Å². The van der Waals surface area contributed by atoms with Gasteiger partial charge in [0.1, 0.15) is 6.10 Å². The monoisotopic (exact) mass is 229 g/mol. The Morgan fingerprint density at radius 2 is 2.31 bits per heavy atom. The van der Waals surface area contributed by atoms with Crippen LogP contribution in [0.5, 0.6) is 0 Å². The van der Waals surface area contributed by atoms with Gasteiger partial charge >= 0.3 is 5.97 Å². The van der Waals surface area contributed by atoms with Crippen LogP contribution in [0.25, 0.3) is 0 Å². The summed E-state index contributed by atoms with van der Waals surface area (Å²) >= 11 is 0. The Kier molecular flexibility index (Phi) is 5.25. The minimum atomic E-state index is -0.794. The summed E-state index contributed by atoms with van der Waals surface area (Å²) in [5.41, 5.74) is 0. The molecule has 0 spiro atoms. The number of carbonyl (C=O) groups excluding carboxylic acids is 1. The molecule has 0 aromatic carbocycles. The van der Waals surface area contributed by atoms with E-state index in [4.69, 9.17) is 9.84 Å². The fraction of sp³-hybridized carbons (Fsp3) is 0.818.